The Balaban J connectivity index is 3.00. The number of hydrogen-bond donors (Lipinski definition) is 2. The van der Waals surface area contributed by atoms with Crippen molar-refractivity contribution in [1.82, 2.24) is 0 Å². The highest BCUT2D eigenvalue weighted by molar-refractivity contribution is 5.84. The fraction of sp³-hybridized carbons (Fsp3) is 0.583. The minimum atomic E-state index is 0.0411. The molecule has 0 aromatic carbocycles. The summed E-state index contributed by atoms with van der Waals surface area (Å²) in [4.78, 5) is 0. The molecule has 0 aromatic heterocycles. The lowest BCUT2D eigenvalue weighted by atomic mass is 9.68. The van der Waals surface area contributed by atoms with Gasteiger partial charge in [-0.15, -0.1) is 0 Å². The van der Waals surface area contributed by atoms with Gasteiger partial charge in [0.05, 0.1) is 5.84 Å². The summed E-state index contributed by atoms with van der Waals surface area (Å²) in [5.41, 5.74) is 6.92. The average molecular weight is 192 g/mol. The molecule has 0 saturated carbocycles. The second kappa shape index (κ2) is 3.99. The number of allylic oxidation sites excluding steroid dienone is 3. The SMILES string of the molecule is CCCC1(C)C=CC=C(C)C1C(=N)N. The van der Waals surface area contributed by atoms with Gasteiger partial charge in [0.2, 0.25) is 0 Å². The van der Waals surface area contributed by atoms with Crippen LogP contribution in [0.15, 0.2) is 23.8 Å². The Kier molecular flexibility index (Phi) is 3.14. The van der Waals surface area contributed by atoms with Crippen LogP contribution in [0.4, 0.5) is 0 Å². The van der Waals surface area contributed by atoms with Crippen molar-refractivity contribution in [3.05, 3.63) is 23.8 Å². The minimum absolute atomic E-state index is 0.0411. The minimum Gasteiger partial charge on any atom is -0.387 e. The van der Waals surface area contributed by atoms with Crippen LogP contribution >= 0.6 is 0 Å². The standard InChI is InChI=1S/C12H20N2/c1-4-7-12(3)8-5-6-9(2)10(12)11(13)14/h5-6,8,10H,4,7H2,1-3H3,(H3,13,14). The zero-order valence-corrected chi connectivity index (χ0v) is 9.30. The van der Waals surface area contributed by atoms with E-state index in [4.69, 9.17) is 11.1 Å². The summed E-state index contributed by atoms with van der Waals surface area (Å²) in [5, 5.41) is 7.66. The monoisotopic (exact) mass is 192 g/mol. The van der Waals surface area contributed by atoms with E-state index in [1.165, 1.54) is 5.57 Å². The van der Waals surface area contributed by atoms with Gasteiger partial charge in [0.15, 0.2) is 0 Å². The number of rotatable bonds is 3. The lowest BCUT2D eigenvalue weighted by Gasteiger charge is -2.37. The van der Waals surface area contributed by atoms with Crippen LogP contribution in [0, 0.1) is 16.7 Å². The van der Waals surface area contributed by atoms with Crippen molar-refractivity contribution >= 4 is 5.84 Å². The van der Waals surface area contributed by atoms with Crippen molar-refractivity contribution in [3.8, 4) is 0 Å². The summed E-state index contributed by atoms with van der Waals surface area (Å²) in [5.74, 6) is 0.381. The molecule has 2 unspecified atom stereocenters. The van der Waals surface area contributed by atoms with Gasteiger partial charge in [0.1, 0.15) is 0 Å². The van der Waals surface area contributed by atoms with Crippen LogP contribution in [0.3, 0.4) is 0 Å². The molecule has 1 rings (SSSR count). The molecular weight excluding hydrogens is 172 g/mol. The molecule has 0 saturated heterocycles. The Hall–Kier alpha value is -1.05. The van der Waals surface area contributed by atoms with E-state index in [-0.39, 0.29) is 11.3 Å². The number of amidine groups is 1. The number of nitrogens with two attached hydrogens (primary N) is 1. The van der Waals surface area contributed by atoms with Gasteiger partial charge in [-0.25, -0.2) is 0 Å². The molecule has 14 heavy (non-hydrogen) atoms. The third kappa shape index (κ3) is 1.89. The smallest absolute Gasteiger partial charge is 0.0987 e. The Morgan fingerprint density at radius 2 is 2.29 bits per heavy atom. The van der Waals surface area contributed by atoms with E-state index in [2.05, 4.69) is 39.0 Å². The molecular formula is C12H20N2. The second-order valence-corrected chi connectivity index (χ2v) is 4.41. The topological polar surface area (TPSA) is 49.9 Å². The van der Waals surface area contributed by atoms with Gasteiger partial charge in [-0.05, 0) is 18.8 Å². The highest BCUT2D eigenvalue weighted by Gasteiger charge is 2.35. The molecule has 1 aliphatic rings. The molecule has 2 atom stereocenters. The van der Waals surface area contributed by atoms with Crippen LogP contribution in [-0.2, 0) is 0 Å². The molecule has 0 bridgehead atoms. The third-order valence-electron chi connectivity index (χ3n) is 3.05. The zero-order chi connectivity index (χ0) is 10.8. The predicted octanol–water partition coefficient (Wildman–Crippen LogP) is 2.86. The van der Waals surface area contributed by atoms with Crippen LogP contribution < -0.4 is 5.73 Å². The molecule has 1 aliphatic carbocycles. The fourth-order valence-electron chi connectivity index (χ4n) is 2.50. The normalized spacial score (nSPS) is 31.4. The average Bonchev–Trinajstić information content (AvgIpc) is 2.02. The maximum Gasteiger partial charge on any atom is 0.0987 e. The lowest BCUT2D eigenvalue weighted by molar-refractivity contribution is 0.324. The first-order chi connectivity index (χ1) is 6.51. The first kappa shape index (κ1) is 11.0. The largest absolute Gasteiger partial charge is 0.387 e. The van der Waals surface area contributed by atoms with E-state index < -0.39 is 0 Å². The Morgan fingerprint density at radius 1 is 1.64 bits per heavy atom. The quantitative estimate of drug-likeness (QED) is 0.524. The van der Waals surface area contributed by atoms with Crippen molar-refractivity contribution in [2.75, 3.05) is 0 Å². The maximum atomic E-state index is 7.66. The van der Waals surface area contributed by atoms with Crippen molar-refractivity contribution < 1.29 is 0 Å². The molecule has 78 valence electrons. The van der Waals surface area contributed by atoms with Crippen molar-refractivity contribution in [2.45, 2.75) is 33.6 Å². The Morgan fingerprint density at radius 3 is 2.79 bits per heavy atom. The molecule has 0 heterocycles. The molecule has 2 heteroatoms. The molecule has 0 amide bonds. The van der Waals surface area contributed by atoms with Crippen LogP contribution in [0.5, 0.6) is 0 Å². The molecule has 0 aliphatic heterocycles. The van der Waals surface area contributed by atoms with E-state index in [0.29, 0.717) is 5.84 Å². The van der Waals surface area contributed by atoms with Crippen LogP contribution in [0.25, 0.3) is 0 Å². The van der Waals surface area contributed by atoms with Gasteiger partial charge in [-0.1, -0.05) is 44.1 Å². The highest BCUT2D eigenvalue weighted by atomic mass is 14.7. The second-order valence-electron chi connectivity index (χ2n) is 4.41. The first-order valence-corrected chi connectivity index (χ1v) is 5.21. The molecule has 3 N–H and O–H groups in total. The van der Waals surface area contributed by atoms with Gasteiger partial charge in [0, 0.05) is 5.92 Å². The number of nitrogens with one attached hydrogen (secondary N) is 1. The maximum absolute atomic E-state index is 7.66. The molecule has 0 fully saturated rings. The Bertz CT molecular complexity index is 289. The van der Waals surface area contributed by atoms with E-state index in [1.807, 2.05) is 0 Å². The highest BCUT2D eigenvalue weighted by Crippen LogP contribution is 2.40. The predicted molar refractivity (Wildman–Crippen MR) is 61.3 cm³/mol. The summed E-state index contributed by atoms with van der Waals surface area (Å²) in [6.45, 7) is 6.42. The summed E-state index contributed by atoms with van der Waals surface area (Å²) in [6.07, 6.45) is 8.54. The van der Waals surface area contributed by atoms with Gasteiger partial charge in [-0.2, -0.15) is 0 Å². The molecule has 0 spiro atoms. The first-order valence-electron chi connectivity index (χ1n) is 5.21. The zero-order valence-electron chi connectivity index (χ0n) is 9.30. The van der Waals surface area contributed by atoms with Gasteiger partial charge < -0.3 is 5.73 Å². The summed E-state index contributed by atoms with van der Waals surface area (Å²) in [6, 6.07) is 0. The van der Waals surface area contributed by atoms with Crippen LogP contribution in [-0.4, -0.2) is 5.84 Å². The van der Waals surface area contributed by atoms with E-state index in [9.17, 15) is 0 Å². The number of hydrogen-bond acceptors (Lipinski definition) is 1. The van der Waals surface area contributed by atoms with Gasteiger partial charge >= 0.3 is 0 Å². The van der Waals surface area contributed by atoms with Gasteiger partial charge in [0.25, 0.3) is 0 Å². The molecule has 0 aromatic rings. The summed E-state index contributed by atoms with van der Waals surface area (Å²) < 4.78 is 0. The van der Waals surface area contributed by atoms with E-state index in [1.54, 1.807) is 0 Å². The lowest BCUT2D eigenvalue weighted by Crippen LogP contribution is -2.38. The van der Waals surface area contributed by atoms with Crippen molar-refractivity contribution in [1.29, 1.82) is 5.41 Å². The summed E-state index contributed by atoms with van der Waals surface area (Å²) >= 11 is 0. The van der Waals surface area contributed by atoms with Crippen LogP contribution in [0.2, 0.25) is 0 Å². The van der Waals surface area contributed by atoms with E-state index in [0.717, 1.165) is 12.8 Å². The molecule has 2 nitrogen and oxygen atoms in total. The van der Waals surface area contributed by atoms with Crippen LogP contribution in [0.1, 0.15) is 33.6 Å². The fourth-order valence-corrected chi connectivity index (χ4v) is 2.50. The third-order valence-corrected chi connectivity index (χ3v) is 3.05. The van der Waals surface area contributed by atoms with E-state index >= 15 is 0 Å². The Labute approximate surface area is 86.4 Å². The van der Waals surface area contributed by atoms with Gasteiger partial charge in [-0.3, -0.25) is 5.41 Å². The van der Waals surface area contributed by atoms with Crippen molar-refractivity contribution in [2.24, 2.45) is 17.1 Å². The van der Waals surface area contributed by atoms with Crippen molar-refractivity contribution in [3.63, 3.8) is 0 Å². The summed E-state index contributed by atoms with van der Waals surface area (Å²) in [7, 11) is 0. The molecule has 0 radical (unpaired) electrons.